The van der Waals surface area contributed by atoms with Crippen molar-refractivity contribution in [2.24, 2.45) is 5.41 Å². The van der Waals surface area contributed by atoms with Gasteiger partial charge in [-0.1, -0.05) is 43.7 Å². The van der Waals surface area contributed by atoms with Crippen molar-refractivity contribution in [3.05, 3.63) is 35.5 Å². The Labute approximate surface area is 69.3 Å². The van der Waals surface area contributed by atoms with E-state index in [0.29, 0.717) is 0 Å². The van der Waals surface area contributed by atoms with Gasteiger partial charge in [-0.15, -0.1) is 0 Å². The minimum Gasteiger partial charge on any atom is -0.0745 e. The van der Waals surface area contributed by atoms with Crippen LogP contribution in [-0.2, 0) is 0 Å². The molecule has 0 aliphatic heterocycles. The monoisotopic (exact) mass is 148 g/mol. The molecule has 0 bridgehead atoms. The number of allylic oxidation sites excluding steroid dienone is 6. The largest absolute Gasteiger partial charge is 0.0745 e. The Morgan fingerprint density at radius 3 is 2.18 bits per heavy atom. The van der Waals surface area contributed by atoms with E-state index in [2.05, 4.69) is 52.0 Å². The highest BCUT2D eigenvalue weighted by molar-refractivity contribution is 5.39. The fraction of sp³-hybridized carbons (Fsp3) is 0.455. The van der Waals surface area contributed by atoms with Gasteiger partial charge in [0.05, 0.1) is 0 Å². The molecule has 0 N–H and O–H groups in total. The second kappa shape index (κ2) is 2.69. The van der Waals surface area contributed by atoms with Gasteiger partial charge in [0.25, 0.3) is 0 Å². The molecule has 0 spiro atoms. The van der Waals surface area contributed by atoms with Crippen LogP contribution < -0.4 is 0 Å². The Kier molecular flexibility index (Phi) is 2.03. The highest BCUT2D eigenvalue weighted by Gasteiger charge is 2.20. The van der Waals surface area contributed by atoms with Gasteiger partial charge in [-0.05, 0) is 19.4 Å². The first-order chi connectivity index (χ1) is 5.04. The highest BCUT2D eigenvalue weighted by Crippen LogP contribution is 2.33. The number of rotatable bonds is 0. The summed E-state index contributed by atoms with van der Waals surface area (Å²) in [5.41, 5.74) is 3.09. The third-order valence-electron chi connectivity index (χ3n) is 2.12. The van der Waals surface area contributed by atoms with Crippen molar-refractivity contribution in [2.75, 3.05) is 0 Å². The predicted molar refractivity (Wildman–Crippen MR) is 50.4 cm³/mol. The van der Waals surface area contributed by atoms with Crippen LogP contribution in [0, 0.1) is 5.41 Å². The van der Waals surface area contributed by atoms with Crippen LogP contribution in [0.3, 0.4) is 0 Å². The van der Waals surface area contributed by atoms with Crippen molar-refractivity contribution in [1.82, 2.24) is 0 Å². The lowest BCUT2D eigenvalue weighted by Crippen LogP contribution is -2.12. The Morgan fingerprint density at radius 1 is 1.18 bits per heavy atom. The average molecular weight is 148 g/mol. The molecule has 0 fully saturated rings. The molecule has 1 aliphatic rings. The van der Waals surface area contributed by atoms with Crippen LogP contribution in [0.5, 0.6) is 0 Å². The number of hydrogen-bond acceptors (Lipinski definition) is 0. The maximum Gasteiger partial charge on any atom is 0.00777 e. The van der Waals surface area contributed by atoms with Crippen LogP contribution in [0.4, 0.5) is 0 Å². The van der Waals surface area contributed by atoms with Crippen molar-refractivity contribution in [3.63, 3.8) is 0 Å². The third-order valence-corrected chi connectivity index (χ3v) is 2.12. The van der Waals surface area contributed by atoms with Crippen LogP contribution in [-0.4, -0.2) is 0 Å². The van der Waals surface area contributed by atoms with Gasteiger partial charge in [0.15, 0.2) is 0 Å². The summed E-state index contributed by atoms with van der Waals surface area (Å²) in [6.45, 7) is 8.83. The van der Waals surface area contributed by atoms with Gasteiger partial charge in [0, 0.05) is 5.41 Å². The van der Waals surface area contributed by atoms with Crippen LogP contribution >= 0.6 is 0 Å². The van der Waals surface area contributed by atoms with Crippen molar-refractivity contribution in [1.29, 1.82) is 0 Å². The summed E-state index contributed by atoms with van der Waals surface area (Å²) in [7, 11) is 0. The first kappa shape index (κ1) is 8.32. The molecular weight excluding hydrogens is 132 g/mol. The molecule has 0 unspecified atom stereocenters. The molecule has 60 valence electrons. The van der Waals surface area contributed by atoms with Crippen LogP contribution in [0.15, 0.2) is 35.5 Å². The lowest BCUT2D eigenvalue weighted by atomic mass is 9.79. The first-order valence-electron chi connectivity index (χ1n) is 4.08. The zero-order valence-corrected chi connectivity index (χ0v) is 7.81. The molecule has 0 aromatic heterocycles. The minimum absolute atomic E-state index is 0.230. The van der Waals surface area contributed by atoms with Crippen LogP contribution in [0.2, 0.25) is 0 Å². The van der Waals surface area contributed by atoms with Crippen LogP contribution in [0.1, 0.15) is 27.7 Å². The fourth-order valence-electron chi connectivity index (χ4n) is 1.56. The smallest absolute Gasteiger partial charge is 0.00777 e. The van der Waals surface area contributed by atoms with Gasteiger partial charge < -0.3 is 0 Å². The molecule has 1 rings (SSSR count). The second-order valence-electron chi connectivity index (χ2n) is 3.85. The zero-order valence-electron chi connectivity index (χ0n) is 7.81. The normalized spacial score (nSPS) is 20.5. The molecule has 1 aliphatic carbocycles. The standard InChI is InChI=1S/C11H16/c1-9(2)10-7-5-6-8-11(10,3)4/h5-8H,1-4H3. The first-order valence-corrected chi connectivity index (χ1v) is 4.08. The minimum atomic E-state index is 0.230. The lowest BCUT2D eigenvalue weighted by Gasteiger charge is -2.25. The van der Waals surface area contributed by atoms with E-state index in [0.717, 1.165) is 0 Å². The molecule has 0 heterocycles. The Bertz CT molecular complexity index is 233. The Morgan fingerprint density at radius 2 is 1.82 bits per heavy atom. The summed E-state index contributed by atoms with van der Waals surface area (Å²) in [6.07, 6.45) is 8.67. The maximum atomic E-state index is 2.25. The van der Waals surface area contributed by atoms with Crippen molar-refractivity contribution < 1.29 is 0 Å². The topological polar surface area (TPSA) is 0 Å². The molecule has 0 radical (unpaired) electrons. The molecule has 0 aromatic rings. The SMILES string of the molecule is CC(C)=C1C=CC=CC1(C)C. The molecule has 0 saturated heterocycles. The summed E-state index contributed by atoms with van der Waals surface area (Å²) in [4.78, 5) is 0. The van der Waals surface area contributed by atoms with E-state index < -0.39 is 0 Å². The second-order valence-corrected chi connectivity index (χ2v) is 3.85. The molecule has 0 saturated carbocycles. The molecular formula is C11H16. The van der Waals surface area contributed by atoms with Gasteiger partial charge in [-0.3, -0.25) is 0 Å². The predicted octanol–water partition coefficient (Wildman–Crippen LogP) is 3.48. The maximum absolute atomic E-state index is 2.25. The summed E-state index contributed by atoms with van der Waals surface area (Å²) in [5, 5.41) is 0. The summed E-state index contributed by atoms with van der Waals surface area (Å²) >= 11 is 0. The van der Waals surface area contributed by atoms with E-state index in [-0.39, 0.29) is 5.41 Å². The Balaban J connectivity index is 3.09. The van der Waals surface area contributed by atoms with E-state index in [9.17, 15) is 0 Å². The molecule has 0 amide bonds. The Hall–Kier alpha value is -0.780. The molecule has 0 aromatic carbocycles. The van der Waals surface area contributed by atoms with E-state index in [1.165, 1.54) is 11.1 Å². The van der Waals surface area contributed by atoms with Crippen molar-refractivity contribution >= 4 is 0 Å². The zero-order chi connectivity index (χ0) is 8.48. The van der Waals surface area contributed by atoms with E-state index in [1.54, 1.807) is 0 Å². The molecule has 0 nitrogen and oxygen atoms in total. The molecule has 11 heavy (non-hydrogen) atoms. The lowest BCUT2D eigenvalue weighted by molar-refractivity contribution is 0.584. The van der Waals surface area contributed by atoms with Gasteiger partial charge >= 0.3 is 0 Å². The molecule has 0 atom stereocenters. The van der Waals surface area contributed by atoms with Gasteiger partial charge in [0.1, 0.15) is 0 Å². The van der Waals surface area contributed by atoms with E-state index in [1.807, 2.05) is 0 Å². The highest BCUT2D eigenvalue weighted by atomic mass is 14.2. The van der Waals surface area contributed by atoms with Gasteiger partial charge in [0.2, 0.25) is 0 Å². The summed E-state index contributed by atoms with van der Waals surface area (Å²) in [6, 6.07) is 0. The summed E-state index contributed by atoms with van der Waals surface area (Å²) < 4.78 is 0. The average Bonchev–Trinajstić information content (AvgIpc) is 1.85. The van der Waals surface area contributed by atoms with E-state index >= 15 is 0 Å². The van der Waals surface area contributed by atoms with Crippen molar-refractivity contribution in [3.8, 4) is 0 Å². The summed E-state index contributed by atoms with van der Waals surface area (Å²) in [5.74, 6) is 0. The quantitative estimate of drug-likeness (QED) is 0.493. The fourth-order valence-corrected chi connectivity index (χ4v) is 1.56. The van der Waals surface area contributed by atoms with Gasteiger partial charge in [-0.25, -0.2) is 0 Å². The number of hydrogen-bond donors (Lipinski definition) is 0. The third kappa shape index (κ3) is 1.62. The van der Waals surface area contributed by atoms with E-state index in [4.69, 9.17) is 0 Å². The van der Waals surface area contributed by atoms with Crippen molar-refractivity contribution in [2.45, 2.75) is 27.7 Å². The van der Waals surface area contributed by atoms with Crippen LogP contribution in [0.25, 0.3) is 0 Å². The van der Waals surface area contributed by atoms with Gasteiger partial charge in [-0.2, -0.15) is 0 Å². The molecule has 0 heteroatoms.